The van der Waals surface area contributed by atoms with Crippen LogP contribution in [0.15, 0.2) is 30.4 Å². The molecule has 1 amide bonds. The van der Waals surface area contributed by atoms with E-state index in [0.717, 1.165) is 44.0 Å². The molecule has 3 heterocycles. The fraction of sp³-hybridized carbons (Fsp3) is 0.476. The number of nitrogens with zero attached hydrogens (tertiary/aromatic N) is 1. The third kappa shape index (κ3) is 6.63. The number of nitrogens with one attached hydrogen (secondary N) is 1. The number of rotatable bonds is 4. The number of aryl methyl sites for hydroxylation is 1. The third-order valence-electron chi connectivity index (χ3n) is 5.16. The number of thioether (sulfide) groups is 1. The molecule has 1 atom stereocenters. The van der Waals surface area contributed by atoms with Crippen LogP contribution in [0, 0.1) is 6.92 Å². The summed E-state index contributed by atoms with van der Waals surface area (Å²) < 4.78 is 11.9. The van der Waals surface area contributed by atoms with E-state index in [1.165, 1.54) is 5.56 Å². The second-order valence-corrected chi connectivity index (χ2v) is 9.00. The van der Waals surface area contributed by atoms with Gasteiger partial charge in [0.25, 0.3) is 0 Å². The Morgan fingerprint density at radius 2 is 1.90 bits per heavy atom. The zero-order chi connectivity index (χ0) is 22.4. The Morgan fingerprint density at radius 3 is 2.48 bits per heavy atom. The number of carboxylic acid groups (broad SMARTS) is 2. The summed E-state index contributed by atoms with van der Waals surface area (Å²) in [5, 5.41) is 18.8. The summed E-state index contributed by atoms with van der Waals surface area (Å²) in [5.41, 5.74) is 1.18. The summed E-state index contributed by atoms with van der Waals surface area (Å²) in [6.07, 6.45) is 3.20. The van der Waals surface area contributed by atoms with Crippen molar-refractivity contribution in [2.24, 2.45) is 0 Å². The number of amides is 1. The van der Waals surface area contributed by atoms with Gasteiger partial charge < -0.3 is 25.0 Å². The Hall–Kier alpha value is -2.72. The zero-order valence-electron chi connectivity index (χ0n) is 17.2. The molecular weight excluding hydrogens is 424 g/mol. The minimum absolute atomic E-state index is 0.0123. The molecule has 2 fully saturated rings. The van der Waals surface area contributed by atoms with Crippen molar-refractivity contribution in [1.82, 2.24) is 10.2 Å². The predicted molar refractivity (Wildman–Crippen MR) is 115 cm³/mol. The Kier molecular flexibility index (Phi) is 7.45. The van der Waals surface area contributed by atoms with E-state index in [4.69, 9.17) is 19.7 Å². The van der Waals surface area contributed by atoms with E-state index in [9.17, 15) is 14.4 Å². The van der Waals surface area contributed by atoms with Gasteiger partial charge in [0, 0.05) is 31.8 Å². The number of carboxylic acids is 2. The summed E-state index contributed by atoms with van der Waals surface area (Å²) in [4.78, 5) is 33.0. The molecule has 3 N–H and O–H groups in total. The minimum atomic E-state index is -1.26. The van der Waals surface area contributed by atoms with Crippen molar-refractivity contribution in [2.75, 3.05) is 32.0 Å². The van der Waals surface area contributed by atoms with Crippen LogP contribution in [0.4, 0.5) is 0 Å². The van der Waals surface area contributed by atoms with Gasteiger partial charge in [0.15, 0.2) is 11.5 Å². The number of likely N-dealkylation sites (tertiary alicyclic amines) is 1. The molecule has 3 aliphatic heterocycles. The molecule has 4 rings (SSSR count). The maximum absolute atomic E-state index is 11.5. The first-order chi connectivity index (χ1) is 14.7. The molecule has 10 heteroatoms. The van der Waals surface area contributed by atoms with Gasteiger partial charge in [-0.1, -0.05) is 6.07 Å². The number of hydrogen-bond acceptors (Lipinski definition) is 7. The van der Waals surface area contributed by atoms with Crippen LogP contribution in [0.1, 0.15) is 18.4 Å². The highest BCUT2D eigenvalue weighted by Gasteiger charge is 2.41. The summed E-state index contributed by atoms with van der Waals surface area (Å²) in [5.74, 6) is -0.0301. The standard InChI is InChI=1S/C17H22N2O3S.C4H4O4/c1-12-2-3-14-15(8-12)21-10-13(22-14)9-19-6-4-17(5-7-19)18-16(20)11-23-17;5-3(6)1-2-4(7)8/h2-3,8,13H,4-7,9-11H2,1H3,(H,18,20);1-2H,(H,5,6)(H,7,8). The number of fused-ring (bicyclic) bond motifs is 1. The molecule has 0 radical (unpaired) electrons. The topological polar surface area (TPSA) is 125 Å². The lowest BCUT2D eigenvalue weighted by Gasteiger charge is -2.40. The summed E-state index contributed by atoms with van der Waals surface area (Å²) in [6, 6.07) is 6.07. The maximum atomic E-state index is 11.5. The van der Waals surface area contributed by atoms with Crippen LogP contribution < -0.4 is 14.8 Å². The van der Waals surface area contributed by atoms with Crippen LogP contribution >= 0.6 is 11.8 Å². The predicted octanol–water partition coefficient (Wildman–Crippen LogP) is 1.50. The Labute approximate surface area is 184 Å². The maximum Gasteiger partial charge on any atom is 0.328 e. The van der Waals surface area contributed by atoms with Crippen molar-refractivity contribution in [3.63, 3.8) is 0 Å². The summed E-state index contributed by atoms with van der Waals surface area (Å²) >= 11 is 1.77. The highest BCUT2D eigenvalue weighted by molar-refractivity contribution is 8.01. The number of aliphatic carboxylic acids is 2. The third-order valence-corrected chi connectivity index (χ3v) is 6.63. The van der Waals surface area contributed by atoms with E-state index in [1.807, 2.05) is 12.1 Å². The molecule has 1 aromatic carbocycles. The van der Waals surface area contributed by atoms with E-state index in [2.05, 4.69) is 23.2 Å². The molecule has 31 heavy (non-hydrogen) atoms. The van der Waals surface area contributed by atoms with Crippen LogP contribution in [-0.4, -0.2) is 75.9 Å². The molecule has 0 aliphatic carbocycles. The van der Waals surface area contributed by atoms with Crippen molar-refractivity contribution in [3.05, 3.63) is 35.9 Å². The Balaban J connectivity index is 0.000000293. The summed E-state index contributed by atoms with van der Waals surface area (Å²) in [6.45, 7) is 5.52. The van der Waals surface area contributed by atoms with Crippen LogP contribution in [-0.2, 0) is 14.4 Å². The van der Waals surface area contributed by atoms with E-state index >= 15 is 0 Å². The second kappa shape index (κ2) is 10.1. The van der Waals surface area contributed by atoms with Gasteiger partial charge in [0.1, 0.15) is 12.7 Å². The molecule has 168 valence electrons. The van der Waals surface area contributed by atoms with Crippen LogP contribution in [0.25, 0.3) is 0 Å². The molecule has 1 aromatic rings. The average Bonchev–Trinajstić information content (AvgIpc) is 3.09. The highest BCUT2D eigenvalue weighted by Crippen LogP contribution is 2.38. The fourth-order valence-corrected chi connectivity index (χ4v) is 4.78. The van der Waals surface area contributed by atoms with Crippen molar-refractivity contribution in [3.8, 4) is 11.5 Å². The van der Waals surface area contributed by atoms with Gasteiger partial charge >= 0.3 is 11.9 Å². The fourth-order valence-electron chi connectivity index (χ4n) is 3.64. The van der Waals surface area contributed by atoms with Crippen LogP contribution in [0.3, 0.4) is 0 Å². The number of hydrogen-bond donors (Lipinski definition) is 3. The van der Waals surface area contributed by atoms with Gasteiger partial charge in [0.2, 0.25) is 5.91 Å². The first kappa shape index (κ1) is 23.0. The lowest BCUT2D eigenvalue weighted by molar-refractivity contribution is -0.134. The molecular formula is C21H26N2O7S. The van der Waals surface area contributed by atoms with Crippen molar-refractivity contribution >= 4 is 29.6 Å². The Morgan fingerprint density at radius 1 is 1.23 bits per heavy atom. The zero-order valence-corrected chi connectivity index (χ0v) is 18.0. The Bertz CT molecular complexity index is 849. The van der Waals surface area contributed by atoms with Gasteiger partial charge in [-0.05, 0) is 37.5 Å². The van der Waals surface area contributed by atoms with Crippen LogP contribution in [0.2, 0.25) is 0 Å². The molecule has 0 aromatic heterocycles. The monoisotopic (exact) mass is 450 g/mol. The first-order valence-corrected chi connectivity index (χ1v) is 10.9. The lowest BCUT2D eigenvalue weighted by Crippen LogP contribution is -2.52. The number of piperidine rings is 1. The SMILES string of the molecule is Cc1ccc2c(c1)OCC(CN1CCC3(CC1)NC(=O)CS3)O2.O=C(O)C=CC(=O)O. The molecule has 2 saturated heterocycles. The largest absolute Gasteiger partial charge is 0.486 e. The lowest BCUT2D eigenvalue weighted by atomic mass is 10.0. The highest BCUT2D eigenvalue weighted by atomic mass is 32.2. The number of carbonyl (C=O) groups excluding carboxylic acids is 1. The van der Waals surface area contributed by atoms with E-state index < -0.39 is 11.9 Å². The second-order valence-electron chi connectivity index (χ2n) is 7.64. The van der Waals surface area contributed by atoms with Gasteiger partial charge in [-0.25, -0.2) is 9.59 Å². The van der Waals surface area contributed by atoms with E-state index in [1.54, 1.807) is 11.8 Å². The molecule has 1 spiro atoms. The van der Waals surface area contributed by atoms with E-state index in [-0.39, 0.29) is 16.9 Å². The summed E-state index contributed by atoms with van der Waals surface area (Å²) in [7, 11) is 0. The van der Waals surface area contributed by atoms with Gasteiger partial charge in [0.05, 0.1) is 10.6 Å². The van der Waals surface area contributed by atoms with Gasteiger partial charge in [-0.2, -0.15) is 0 Å². The molecule has 0 bridgehead atoms. The van der Waals surface area contributed by atoms with E-state index in [0.29, 0.717) is 24.5 Å². The van der Waals surface area contributed by atoms with Crippen molar-refractivity contribution in [2.45, 2.75) is 30.7 Å². The van der Waals surface area contributed by atoms with Gasteiger partial charge in [-0.15, -0.1) is 11.8 Å². The van der Waals surface area contributed by atoms with Gasteiger partial charge in [-0.3, -0.25) is 9.69 Å². The normalized spacial score (nSPS) is 22.0. The minimum Gasteiger partial charge on any atom is -0.486 e. The molecule has 3 aliphatic rings. The quantitative estimate of drug-likeness (QED) is 0.585. The first-order valence-electron chi connectivity index (χ1n) is 9.96. The molecule has 1 unspecified atom stereocenters. The van der Waals surface area contributed by atoms with Crippen molar-refractivity contribution < 1.29 is 34.1 Å². The number of benzene rings is 1. The smallest absolute Gasteiger partial charge is 0.328 e. The van der Waals surface area contributed by atoms with Crippen LogP contribution in [0.5, 0.6) is 11.5 Å². The molecule has 9 nitrogen and oxygen atoms in total. The average molecular weight is 451 g/mol. The number of carbonyl (C=O) groups is 3. The number of ether oxygens (including phenoxy) is 2. The molecule has 0 saturated carbocycles. The van der Waals surface area contributed by atoms with Crippen molar-refractivity contribution in [1.29, 1.82) is 0 Å².